The number of allylic oxidation sites excluding steroid dienone is 4. The van der Waals surface area contributed by atoms with E-state index >= 15 is 0 Å². The highest BCUT2D eigenvalue weighted by molar-refractivity contribution is 5.93. The van der Waals surface area contributed by atoms with Gasteiger partial charge in [0.25, 0.3) is 0 Å². The van der Waals surface area contributed by atoms with E-state index in [1.54, 1.807) is 6.08 Å². The van der Waals surface area contributed by atoms with Crippen LogP contribution in [0.3, 0.4) is 0 Å². The molecule has 11 nitrogen and oxygen atoms in total. The van der Waals surface area contributed by atoms with Gasteiger partial charge in [-0.05, 0) is 58.2 Å². The molecule has 1 aliphatic rings. The number of carbonyl (C=O) groups is 1. The summed E-state index contributed by atoms with van der Waals surface area (Å²) in [5.41, 5.74) is 2.19. The van der Waals surface area contributed by atoms with Gasteiger partial charge in [0, 0.05) is 35.2 Å². The number of phenols is 8. The van der Waals surface area contributed by atoms with Crippen LogP contribution in [0.5, 0.6) is 51.7 Å². The van der Waals surface area contributed by atoms with Crippen LogP contribution in [0.4, 0.5) is 0 Å². The molecule has 0 aromatic heterocycles. The molecule has 8 N–H and O–H groups in total. The molecule has 0 radical (unpaired) electrons. The molecule has 228 valence electrons. The monoisotopic (exact) mass is 594 g/mol. The van der Waals surface area contributed by atoms with E-state index in [9.17, 15) is 45.6 Å². The molecular weight excluding hydrogens is 560 g/mol. The lowest BCUT2D eigenvalue weighted by atomic mass is 9.93. The van der Waals surface area contributed by atoms with Crippen molar-refractivity contribution in [2.75, 3.05) is 0 Å². The number of hydrogen-bond donors (Lipinski definition) is 8. The Bertz CT molecular complexity index is 1590. The fourth-order valence-corrected chi connectivity index (χ4v) is 4.86. The fourth-order valence-electron chi connectivity index (χ4n) is 4.86. The summed E-state index contributed by atoms with van der Waals surface area (Å²) in [6, 6.07) is 5.49. The van der Waals surface area contributed by atoms with Crippen LogP contribution in [0.1, 0.15) is 66.8 Å². The lowest BCUT2D eigenvalue weighted by molar-refractivity contribution is -0.0190. The van der Waals surface area contributed by atoms with Crippen LogP contribution in [-0.2, 0) is 17.6 Å². The largest absolute Gasteiger partial charge is 0.508 e. The Morgan fingerprint density at radius 1 is 0.837 bits per heavy atom. The van der Waals surface area contributed by atoms with Crippen LogP contribution >= 0.6 is 0 Å². The summed E-state index contributed by atoms with van der Waals surface area (Å²) in [5.74, 6) is -5.94. The summed E-state index contributed by atoms with van der Waals surface area (Å²) in [4.78, 5) is 13.6. The summed E-state index contributed by atoms with van der Waals surface area (Å²) >= 11 is 0. The molecule has 3 aromatic carbocycles. The van der Waals surface area contributed by atoms with Gasteiger partial charge in [-0.2, -0.15) is 0 Å². The molecule has 0 spiro atoms. The predicted molar refractivity (Wildman–Crippen MR) is 155 cm³/mol. The van der Waals surface area contributed by atoms with E-state index < -0.39 is 52.7 Å². The highest BCUT2D eigenvalue weighted by Gasteiger charge is 2.38. The molecule has 3 aromatic rings. The number of fused-ring (bicyclic) bond motifs is 1. The van der Waals surface area contributed by atoms with E-state index in [1.165, 1.54) is 11.6 Å². The molecule has 0 unspecified atom stereocenters. The van der Waals surface area contributed by atoms with Gasteiger partial charge in [0.15, 0.2) is 34.9 Å². The first-order valence-corrected chi connectivity index (χ1v) is 13.5. The lowest BCUT2D eigenvalue weighted by Crippen LogP contribution is -2.35. The van der Waals surface area contributed by atoms with Crippen molar-refractivity contribution in [2.24, 2.45) is 0 Å². The van der Waals surface area contributed by atoms with Gasteiger partial charge in [0.2, 0.25) is 5.75 Å². The van der Waals surface area contributed by atoms with Crippen LogP contribution < -0.4 is 4.74 Å². The second kappa shape index (κ2) is 12.4. The first kappa shape index (κ1) is 30.8. The number of esters is 1. The first-order chi connectivity index (χ1) is 20.3. The van der Waals surface area contributed by atoms with Gasteiger partial charge in [-0.3, -0.25) is 0 Å². The third-order valence-electron chi connectivity index (χ3n) is 7.17. The third-order valence-corrected chi connectivity index (χ3v) is 7.17. The minimum atomic E-state index is -1.22. The Hall–Kier alpha value is -5.19. The average Bonchev–Trinajstić information content (AvgIpc) is 2.93. The van der Waals surface area contributed by atoms with Crippen molar-refractivity contribution >= 4 is 5.97 Å². The van der Waals surface area contributed by atoms with Crippen molar-refractivity contribution < 1.29 is 55.1 Å². The van der Waals surface area contributed by atoms with Crippen molar-refractivity contribution in [2.45, 2.75) is 58.7 Å². The Morgan fingerprint density at radius 3 is 2.14 bits per heavy atom. The molecule has 0 amide bonds. The van der Waals surface area contributed by atoms with E-state index in [1.807, 2.05) is 20.8 Å². The maximum Gasteiger partial charge on any atom is 0.339 e. The van der Waals surface area contributed by atoms with Crippen LogP contribution in [0.25, 0.3) is 0 Å². The van der Waals surface area contributed by atoms with Gasteiger partial charge in [0.05, 0.1) is 5.56 Å². The Balaban J connectivity index is 1.71. The molecule has 11 heteroatoms. The third kappa shape index (κ3) is 6.66. The Labute approximate surface area is 247 Å². The minimum absolute atomic E-state index is 0.00299. The predicted octanol–water partition coefficient (Wildman–Crippen LogP) is 5.47. The number of ether oxygens (including phenoxy) is 2. The summed E-state index contributed by atoms with van der Waals surface area (Å²) in [5, 5.41) is 81.5. The summed E-state index contributed by atoms with van der Waals surface area (Å²) < 4.78 is 11.7. The molecule has 0 aliphatic carbocycles. The fraction of sp³-hybridized carbons (Fsp3) is 0.281. The van der Waals surface area contributed by atoms with E-state index in [0.29, 0.717) is 0 Å². The summed E-state index contributed by atoms with van der Waals surface area (Å²) in [7, 11) is 0. The van der Waals surface area contributed by atoms with Gasteiger partial charge >= 0.3 is 5.97 Å². The Morgan fingerprint density at radius 2 is 1.49 bits per heavy atom. The topological polar surface area (TPSA) is 197 Å². The molecular formula is C32H34O11. The van der Waals surface area contributed by atoms with E-state index in [0.717, 1.165) is 42.7 Å². The minimum Gasteiger partial charge on any atom is -0.508 e. The molecule has 0 bridgehead atoms. The molecule has 4 rings (SSSR count). The summed E-state index contributed by atoms with van der Waals surface area (Å²) in [6.45, 7) is 5.88. The van der Waals surface area contributed by atoms with Crippen molar-refractivity contribution in [3.63, 3.8) is 0 Å². The van der Waals surface area contributed by atoms with Crippen molar-refractivity contribution in [3.05, 3.63) is 75.9 Å². The zero-order chi connectivity index (χ0) is 31.6. The maximum absolute atomic E-state index is 13.6. The van der Waals surface area contributed by atoms with Crippen molar-refractivity contribution in [1.29, 1.82) is 0 Å². The number of carbonyl (C=O) groups excluding carboxylic acids is 1. The first-order valence-electron chi connectivity index (χ1n) is 13.5. The van der Waals surface area contributed by atoms with Gasteiger partial charge < -0.3 is 50.3 Å². The van der Waals surface area contributed by atoms with E-state index in [2.05, 4.69) is 6.08 Å². The molecule has 1 aliphatic heterocycles. The average molecular weight is 595 g/mol. The van der Waals surface area contributed by atoms with Gasteiger partial charge in [0.1, 0.15) is 23.4 Å². The standard InChI is InChI=1S/C32H34O11/c1-15(2)5-4-6-16(3)7-8-19-20(13-25(37)30(40)28(19)38)32(41)43-27-14-21-22(34)11-18(33)12-26(21)42-31(27)17-9-23(35)29(39)24(36)10-17/h5,7,9-13,27,31,33-40H,4,6,8,14H2,1-3H3/b16-7+/t27-,31-/m1/s1. The van der Waals surface area contributed by atoms with E-state index in [-0.39, 0.29) is 52.3 Å². The molecule has 0 saturated heterocycles. The maximum atomic E-state index is 13.6. The van der Waals surface area contributed by atoms with Crippen LogP contribution in [0.2, 0.25) is 0 Å². The quantitative estimate of drug-likeness (QED) is 0.0935. The van der Waals surface area contributed by atoms with Gasteiger partial charge in [-0.1, -0.05) is 23.3 Å². The highest BCUT2D eigenvalue weighted by Crippen LogP contribution is 2.46. The number of rotatable bonds is 8. The van der Waals surface area contributed by atoms with Crippen LogP contribution in [0.15, 0.2) is 53.6 Å². The second-order valence-corrected chi connectivity index (χ2v) is 10.7. The summed E-state index contributed by atoms with van der Waals surface area (Å²) in [6.07, 6.45) is 2.84. The van der Waals surface area contributed by atoms with Gasteiger partial charge in [-0.15, -0.1) is 0 Å². The van der Waals surface area contributed by atoms with Crippen molar-refractivity contribution in [1.82, 2.24) is 0 Å². The van der Waals surface area contributed by atoms with Gasteiger partial charge in [-0.25, -0.2) is 4.79 Å². The van der Waals surface area contributed by atoms with Crippen LogP contribution in [0, 0.1) is 0 Å². The zero-order valence-electron chi connectivity index (χ0n) is 23.8. The lowest BCUT2D eigenvalue weighted by Gasteiger charge is -2.34. The normalized spacial score (nSPS) is 16.2. The smallest absolute Gasteiger partial charge is 0.339 e. The molecule has 0 fully saturated rings. The highest BCUT2D eigenvalue weighted by atomic mass is 16.6. The number of aromatic hydroxyl groups is 8. The van der Waals surface area contributed by atoms with Crippen LogP contribution in [-0.4, -0.2) is 52.9 Å². The molecule has 0 saturated carbocycles. The second-order valence-electron chi connectivity index (χ2n) is 10.7. The SMILES string of the molecule is CC(C)=CCC/C(C)=C/Cc1c(C(=O)O[C@@H]2Cc3c(O)cc(O)cc3O[C@@H]2c2cc(O)c(O)c(O)c2)cc(O)c(O)c1O. The van der Waals surface area contributed by atoms with Crippen molar-refractivity contribution in [3.8, 4) is 51.7 Å². The molecule has 43 heavy (non-hydrogen) atoms. The molecule has 1 heterocycles. The zero-order valence-corrected chi connectivity index (χ0v) is 23.8. The van der Waals surface area contributed by atoms with E-state index in [4.69, 9.17) is 9.47 Å². The Kier molecular flexibility index (Phi) is 8.84. The number of benzene rings is 3. The molecule has 2 atom stereocenters. The number of phenolic OH excluding ortho intramolecular Hbond substituents is 8. The number of hydrogen-bond acceptors (Lipinski definition) is 11.